The summed E-state index contributed by atoms with van der Waals surface area (Å²) < 4.78 is 26.8. The van der Waals surface area contributed by atoms with Gasteiger partial charge >= 0.3 is 0 Å². The van der Waals surface area contributed by atoms with Crippen molar-refractivity contribution in [2.75, 3.05) is 0 Å². The van der Waals surface area contributed by atoms with Crippen LogP contribution in [0.25, 0.3) is 11.1 Å². The van der Waals surface area contributed by atoms with Crippen molar-refractivity contribution in [3.63, 3.8) is 0 Å². The molecule has 0 spiro atoms. The molecule has 0 unspecified atom stereocenters. The fourth-order valence-corrected chi connectivity index (χ4v) is 4.03. The van der Waals surface area contributed by atoms with Crippen LogP contribution < -0.4 is 0 Å². The SMILES string of the molecule is CCCCCC1CCC(c2ccc(-c3ccc(F)nc3F)cc2)CC1. The number of rotatable bonds is 6. The molecule has 0 bridgehead atoms. The lowest BCUT2D eigenvalue weighted by Gasteiger charge is -2.29. The molecule has 1 aliphatic rings. The van der Waals surface area contributed by atoms with Gasteiger partial charge in [0.1, 0.15) is 0 Å². The molecular formula is C22H27F2N. The number of halogens is 2. The largest absolute Gasteiger partial charge is 0.223 e. The molecule has 1 saturated carbocycles. The molecule has 0 N–H and O–H groups in total. The van der Waals surface area contributed by atoms with E-state index in [-0.39, 0.29) is 0 Å². The van der Waals surface area contributed by atoms with Crippen LogP contribution in [0.5, 0.6) is 0 Å². The minimum atomic E-state index is -0.784. The molecule has 1 fully saturated rings. The fourth-order valence-electron chi connectivity index (χ4n) is 4.03. The van der Waals surface area contributed by atoms with Crippen LogP contribution >= 0.6 is 0 Å². The Hall–Kier alpha value is -1.77. The van der Waals surface area contributed by atoms with Crippen LogP contribution in [0.1, 0.15) is 69.8 Å². The molecular weight excluding hydrogens is 316 g/mol. The Morgan fingerprint density at radius 3 is 2.28 bits per heavy atom. The van der Waals surface area contributed by atoms with Gasteiger partial charge in [-0.1, -0.05) is 56.9 Å². The molecule has 0 radical (unpaired) electrons. The van der Waals surface area contributed by atoms with E-state index in [2.05, 4.69) is 24.0 Å². The number of benzene rings is 1. The predicted molar refractivity (Wildman–Crippen MR) is 98.4 cm³/mol. The summed E-state index contributed by atoms with van der Waals surface area (Å²) in [7, 11) is 0. The van der Waals surface area contributed by atoms with E-state index in [4.69, 9.17) is 0 Å². The van der Waals surface area contributed by atoms with E-state index in [0.29, 0.717) is 11.5 Å². The van der Waals surface area contributed by atoms with Gasteiger partial charge in [-0.25, -0.2) is 0 Å². The predicted octanol–water partition coefficient (Wildman–Crippen LogP) is 6.88. The Labute approximate surface area is 149 Å². The first kappa shape index (κ1) is 18.0. The zero-order chi connectivity index (χ0) is 17.6. The first-order valence-electron chi connectivity index (χ1n) is 9.59. The average molecular weight is 343 g/mol. The van der Waals surface area contributed by atoms with Gasteiger partial charge in [-0.15, -0.1) is 0 Å². The summed E-state index contributed by atoms with van der Waals surface area (Å²) in [6, 6.07) is 10.7. The highest BCUT2D eigenvalue weighted by Crippen LogP contribution is 2.38. The minimum absolute atomic E-state index is 0.354. The van der Waals surface area contributed by atoms with Gasteiger partial charge in [0, 0.05) is 5.56 Å². The zero-order valence-corrected chi connectivity index (χ0v) is 15.0. The maximum Gasteiger partial charge on any atom is 0.223 e. The van der Waals surface area contributed by atoms with Crippen molar-refractivity contribution < 1.29 is 8.78 Å². The van der Waals surface area contributed by atoms with Crippen molar-refractivity contribution in [1.82, 2.24) is 4.98 Å². The number of aromatic nitrogens is 1. The van der Waals surface area contributed by atoms with Crippen molar-refractivity contribution in [1.29, 1.82) is 0 Å². The Morgan fingerprint density at radius 1 is 0.920 bits per heavy atom. The van der Waals surface area contributed by atoms with Crippen LogP contribution in [0.4, 0.5) is 8.78 Å². The van der Waals surface area contributed by atoms with E-state index in [0.717, 1.165) is 11.5 Å². The van der Waals surface area contributed by atoms with E-state index < -0.39 is 11.9 Å². The van der Waals surface area contributed by atoms with Crippen molar-refractivity contribution in [2.24, 2.45) is 5.92 Å². The number of hydrogen-bond acceptors (Lipinski definition) is 1. The van der Waals surface area contributed by atoms with Gasteiger partial charge in [-0.2, -0.15) is 13.8 Å². The molecule has 134 valence electrons. The number of unbranched alkanes of at least 4 members (excludes halogenated alkanes) is 2. The van der Waals surface area contributed by atoms with E-state index >= 15 is 0 Å². The summed E-state index contributed by atoms with van der Waals surface area (Å²) in [5.41, 5.74) is 2.45. The molecule has 0 atom stereocenters. The second-order valence-corrected chi connectivity index (χ2v) is 7.31. The second kappa shape index (κ2) is 8.55. The van der Waals surface area contributed by atoms with E-state index in [9.17, 15) is 8.78 Å². The summed E-state index contributed by atoms with van der Waals surface area (Å²) in [5.74, 6) is -0.0111. The maximum atomic E-state index is 13.8. The van der Waals surface area contributed by atoms with E-state index in [1.165, 1.54) is 69.1 Å². The van der Waals surface area contributed by atoms with Gasteiger partial charge in [0.25, 0.3) is 0 Å². The monoisotopic (exact) mass is 343 g/mol. The highest BCUT2D eigenvalue weighted by molar-refractivity contribution is 5.63. The van der Waals surface area contributed by atoms with Crippen LogP contribution in [0.3, 0.4) is 0 Å². The minimum Gasteiger partial charge on any atom is -0.190 e. The van der Waals surface area contributed by atoms with Crippen molar-refractivity contribution in [2.45, 2.75) is 64.2 Å². The molecule has 0 saturated heterocycles. The van der Waals surface area contributed by atoms with E-state index in [1.54, 1.807) is 0 Å². The topological polar surface area (TPSA) is 12.9 Å². The third kappa shape index (κ3) is 4.65. The molecule has 3 rings (SSSR count). The van der Waals surface area contributed by atoms with Gasteiger partial charge < -0.3 is 0 Å². The number of nitrogens with zero attached hydrogens (tertiary/aromatic N) is 1. The smallest absolute Gasteiger partial charge is 0.190 e. The highest BCUT2D eigenvalue weighted by atomic mass is 19.1. The highest BCUT2D eigenvalue weighted by Gasteiger charge is 2.22. The average Bonchev–Trinajstić information content (AvgIpc) is 2.63. The Bertz CT molecular complexity index is 673. The lowest BCUT2D eigenvalue weighted by Crippen LogP contribution is -2.13. The molecule has 1 aliphatic carbocycles. The van der Waals surface area contributed by atoms with Gasteiger partial charge in [0.15, 0.2) is 0 Å². The van der Waals surface area contributed by atoms with E-state index in [1.807, 2.05) is 12.1 Å². The van der Waals surface area contributed by atoms with Crippen LogP contribution in [0.15, 0.2) is 36.4 Å². The first-order chi connectivity index (χ1) is 12.2. The molecule has 0 amide bonds. The molecule has 3 heteroatoms. The van der Waals surface area contributed by atoms with Crippen LogP contribution in [-0.4, -0.2) is 4.98 Å². The molecule has 1 heterocycles. The lowest BCUT2D eigenvalue weighted by atomic mass is 9.77. The summed E-state index contributed by atoms with van der Waals surface area (Å²) in [4.78, 5) is 3.27. The zero-order valence-electron chi connectivity index (χ0n) is 15.0. The van der Waals surface area contributed by atoms with Crippen molar-refractivity contribution >= 4 is 0 Å². The molecule has 25 heavy (non-hydrogen) atoms. The van der Waals surface area contributed by atoms with Gasteiger partial charge in [-0.05, 0) is 60.8 Å². The first-order valence-corrected chi connectivity index (χ1v) is 9.59. The molecule has 0 aliphatic heterocycles. The van der Waals surface area contributed by atoms with Crippen molar-refractivity contribution in [3.8, 4) is 11.1 Å². The maximum absolute atomic E-state index is 13.8. The lowest BCUT2D eigenvalue weighted by molar-refractivity contribution is 0.303. The number of hydrogen-bond donors (Lipinski definition) is 0. The van der Waals surface area contributed by atoms with Gasteiger partial charge in [0.2, 0.25) is 11.9 Å². The molecule has 1 nitrogen and oxygen atoms in total. The molecule has 2 aromatic rings. The second-order valence-electron chi connectivity index (χ2n) is 7.31. The third-order valence-corrected chi connectivity index (χ3v) is 5.57. The Morgan fingerprint density at radius 2 is 1.64 bits per heavy atom. The Kier molecular flexibility index (Phi) is 6.17. The quantitative estimate of drug-likeness (QED) is 0.411. The summed E-state index contributed by atoms with van der Waals surface area (Å²) in [6.07, 6.45) is 10.6. The van der Waals surface area contributed by atoms with Crippen molar-refractivity contribution in [3.05, 3.63) is 53.9 Å². The molecule has 1 aromatic carbocycles. The Balaban J connectivity index is 1.60. The van der Waals surface area contributed by atoms with Crippen LogP contribution in [0, 0.1) is 17.8 Å². The van der Waals surface area contributed by atoms with Gasteiger partial charge in [0.05, 0.1) is 0 Å². The standard InChI is InChI=1S/C22H27F2N/c1-2-3-4-5-16-6-8-17(9-7-16)18-10-12-19(13-11-18)20-14-15-21(23)25-22(20)24/h10-17H,2-9H2,1H3. The number of pyridine rings is 1. The summed E-state index contributed by atoms with van der Waals surface area (Å²) >= 11 is 0. The van der Waals surface area contributed by atoms with Crippen LogP contribution in [-0.2, 0) is 0 Å². The normalized spacial score (nSPS) is 20.6. The summed E-state index contributed by atoms with van der Waals surface area (Å²) in [6.45, 7) is 2.26. The molecule has 1 aromatic heterocycles. The third-order valence-electron chi connectivity index (χ3n) is 5.57. The van der Waals surface area contributed by atoms with Crippen LogP contribution in [0.2, 0.25) is 0 Å². The van der Waals surface area contributed by atoms with Gasteiger partial charge in [-0.3, -0.25) is 0 Å². The fraction of sp³-hybridized carbons (Fsp3) is 0.500. The summed E-state index contributed by atoms with van der Waals surface area (Å²) in [5, 5.41) is 0.